The van der Waals surface area contributed by atoms with Gasteiger partial charge in [0.15, 0.2) is 0 Å². The lowest BCUT2D eigenvalue weighted by Crippen LogP contribution is -2.52. The molecule has 10 heteroatoms. The summed E-state index contributed by atoms with van der Waals surface area (Å²) in [5, 5.41) is 3.29. The molecule has 7 nitrogen and oxygen atoms in total. The van der Waals surface area contributed by atoms with E-state index in [0.717, 1.165) is 28.6 Å². The summed E-state index contributed by atoms with van der Waals surface area (Å²) >= 11 is 6.36. The van der Waals surface area contributed by atoms with E-state index in [1.807, 2.05) is 13.8 Å². The van der Waals surface area contributed by atoms with Crippen molar-refractivity contribution in [2.24, 2.45) is 0 Å². The first-order valence-electron chi connectivity index (χ1n) is 12.2. The van der Waals surface area contributed by atoms with Crippen molar-refractivity contribution in [1.82, 2.24) is 10.2 Å². The Morgan fingerprint density at radius 3 is 2.16 bits per heavy atom. The second kappa shape index (κ2) is 12.9. The van der Waals surface area contributed by atoms with Gasteiger partial charge >= 0.3 is 0 Å². The number of nitrogens with one attached hydrogen (secondary N) is 1. The molecule has 0 spiro atoms. The molecule has 0 heterocycles. The molecule has 202 valence electrons. The Bertz CT molecular complexity index is 1350. The number of sulfonamides is 1. The zero-order chi connectivity index (χ0) is 27.9. The Hall–Kier alpha value is -3.43. The summed E-state index contributed by atoms with van der Waals surface area (Å²) in [4.78, 5) is 28.0. The van der Waals surface area contributed by atoms with Crippen molar-refractivity contribution < 1.29 is 22.4 Å². The van der Waals surface area contributed by atoms with Gasteiger partial charge in [0.25, 0.3) is 10.0 Å². The number of benzene rings is 3. The van der Waals surface area contributed by atoms with Gasteiger partial charge in [-0.05, 0) is 68.3 Å². The average molecular weight is 560 g/mol. The maximum atomic E-state index is 13.8. The van der Waals surface area contributed by atoms with Gasteiger partial charge in [0.2, 0.25) is 11.8 Å². The fourth-order valence-electron chi connectivity index (χ4n) is 3.72. The fraction of sp³-hybridized carbons (Fsp3) is 0.286. The quantitative estimate of drug-likeness (QED) is 0.358. The third-order valence-corrected chi connectivity index (χ3v) is 8.35. The van der Waals surface area contributed by atoms with E-state index in [2.05, 4.69) is 5.32 Å². The van der Waals surface area contributed by atoms with Crippen LogP contribution < -0.4 is 9.62 Å². The van der Waals surface area contributed by atoms with Crippen LogP contribution in [-0.4, -0.2) is 43.8 Å². The number of carbonyl (C=O) groups is 2. The molecule has 0 aromatic heterocycles. The summed E-state index contributed by atoms with van der Waals surface area (Å²) in [6.07, 6.45) is 0.703. The number of hydrogen-bond acceptors (Lipinski definition) is 4. The van der Waals surface area contributed by atoms with Gasteiger partial charge in [0.1, 0.15) is 18.4 Å². The normalized spacial score (nSPS) is 12.9. The van der Waals surface area contributed by atoms with E-state index in [-0.39, 0.29) is 29.1 Å². The third kappa shape index (κ3) is 7.11. The molecule has 0 aliphatic heterocycles. The van der Waals surface area contributed by atoms with Gasteiger partial charge in [-0.2, -0.15) is 0 Å². The van der Waals surface area contributed by atoms with Crippen LogP contribution in [0, 0.1) is 5.82 Å². The summed E-state index contributed by atoms with van der Waals surface area (Å²) in [5.41, 5.74) is 0.859. The monoisotopic (exact) mass is 559 g/mol. The smallest absolute Gasteiger partial charge is 0.264 e. The lowest BCUT2D eigenvalue weighted by atomic mass is 10.1. The second-order valence-corrected chi connectivity index (χ2v) is 11.2. The summed E-state index contributed by atoms with van der Waals surface area (Å²) in [6.45, 7) is 4.79. The van der Waals surface area contributed by atoms with E-state index in [0.29, 0.717) is 17.0 Å². The number of anilines is 1. The summed E-state index contributed by atoms with van der Waals surface area (Å²) < 4.78 is 41.7. The summed E-state index contributed by atoms with van der Waals surface area (Å²) in [5.74, 6) is -1.56. The van der Waals surface area contributed by atoms with E-state index < -0.39 is 34.3 Å². The largest absolute Gasteiger partial charge is 0.352 e. The van der Waals surface area contributed by atoms with Crippen molar-refractivity contribution in [3.8, 4) is 0 Å². The molecule has 0 aliphatic rings. The maximum absolute atomic E-state index is 13.8. The van der Waals surface area contributed by atoms with Crippen LogP contribution in [-0.2, 0) is 26.2 Å². The van der Waals surface area contributed by atoms with Gasteiger partial charge in [-0.3, -0.25) is 13.9 Å². The van der Waals surface area contributed by atoms with E-state index in [1.165, 1.54) is 4.90 Å². The first-order chi connectivity index (χ1) is 18.0. The molecule has 0 radical (unpaired) electrons. The summed E-state index contributed by atoms with van der Waals surface area (Å²) in [6, 6.07) is 18.4. The maximum Gasteiger partial charge on any atom is 0.264 e. The molecule has 2 atom stereocenters. The van der Waals surface area contributed by atoms with Crippen LogP contribution in [0.2, 0.25) is 5.02 Å². The van der Waals surface area contributed by atoms with E-state index in [1.54, 1.807) is 61.5 Å². The van der Waals surface area contributed by atoms with Crippen LogP contribution in [0.25, 0.3) is 0 Å². The van der Waals surface area contributed by atoms with Gasteiger partial charge in [0, 0.05) is 17.6 Å². The van der Waals surface area contributed by atoms with Crippen molar-refractivity contribution in [2.75, 3.05) is 10.8 Å². The minimum Gasteiger partial charge on any atom is -0.352 e. The molecular formula is C28H31ClFN3O4S. The Labute approximate surface area is 228 Å². The highest BCUT2D eigenvalue weighted by molar-refractivity contribution is 7.92. The molecule has 1 N–H and O–H groups in total. The number of halogens is 2. The minimum atomic E-state index is -4.26. The zero-order valence-corrected chi connectivity index (χ0v) is 23.0. The Kier molecular flexibility index (Phi) is 9.88. The standard InChI is InChI=1S/C28H31ClFN3O4S/c1-4-20(2)31-28(35)21(3)32(18-22-10-8-9-13-26(22)29)27(34)19-33(24-11-6-5-7-12-24)38(36,37)25-16-14-23(30)15-17-25/h5-17,20-21H,4,18-19H2,1-3H3,(H,31,35). The lowest BCUT2D eigenvalue weighted by Gasteiger charge is -2.32. The molecule has 0 aliphatic carbocycles. The van der Waals surface area contributed by atoms with Gasteiger partial charge in [-0.25, -0.2) is 12.8 Å². The first kappa shape index (κ1) is 29.1. The molecule has 3 aromatic carbocycles. The van der Waals surface area contributed by atoms with Crippen molar-refractivity contribution in [2.45, 2.75) is 50.7 Å². The van der Waals surface area contributed by atoms with Crippen molar-refractivity contribution in [1.29, 1.82) is 0 Å². The van der Waals surface area contributed by atoms with E-state index in [9.17, 15) is 22.4 Å². The summed E-state index contributed by atoms with van der Waals surface area (Å²) in [7, 11) is -4.26. The van der Waals surface area contributed by atoms with Crippen LogP contribution >= 0.6 is 11.6 Å². The molecule has 0 saturated heterocycles. The lowest BCUT2D eigenvalue weighted by molar-refractivity contribution is -0.139. The highest BCUT2D eigenvalue weighted by Crippen LogP contribution is 2.25. The van der Waals surface area contributed by atoms with Gasteiger partial charge in [-0.15, -0.1) is 0 Å². The average Bonchev–Trinajstić information content (AvgIpc) is 2.91. The van der Waals surface area contributed by atoms with Crippen LogP contribution in [0.5, 0.6) is 0 Å². The Balaban J connectivity index is 2.01. The number of nitrogens with zero attached hydrogens (tertiary/aromatic N) is 2. The predicted octanol–water partition coefficient (Wildman–Crippen LogP) is 5.01. The third-order valence-electron chi connectivity index (χ3n) is 6.19. The molecule has 0 fully saturated rings. The second-order valence-electron chi connectivity index (χ2n) is 8.91. The molecule has 2 unspecified atom stereocenters. The molecule has 2 amide bonds. The zero-order valence-electron chi connectivity index (χ0n) is 21.5. The number of rotatable bonds is 11. The molecule has 3 rings (SSSR count). The molecule has 3 aromatic rings. The number of hydrogen-bond donors (Lipinski definition) is 1. The van der Waals surface area contributed by atoms with E-state index >= 15 is 0 Å². The van der Waals surface area contributed by atoms with Gasteiger partial charge in [0.05, 0.1) is 10.6 Å². The van der Waals surface area contributed by atoms with Gasteiger partial charge in [-0.1, -0.05) is 54.9 Å². The Morgan fingerprint density at radius 2 is 1.55 bits per heavy atom. The molecule has 38 heavy (non-hydrogen) atoms. The van der Waals surface area contributed by atoms with Crippen molar-refractivity contribution in [3.63, 3.8) is 0 Å². The molecule has 0 bridgehead atoms. The van der Waals surface area contributed by atoms with E-state index in [4.69, 9.17) is 11.6 Å². The van der Waals surface area contributed by atoms with Crippen molar-refractivity contribution in [3.05, 3.63) is 95.3 Å². The highest BCUT2D eigenvalue weighted by Gasteiger charge is 2.33. The molecule has 0 saturated carbocycles. The fourth-order valence-corrected chi connectivity index (χ4v) is 5.32. The van der Waals surface area contributed by atoms with Crippen LogP contribution in [0.4, 0.5) is 10.1 Å². The topological polar surface area (TPSA) is 86.8 Å². The van der Waals surface area contributed by atoms with Crippen LogP contribution in [0.15, 0.2) is 83.8 Å². The van der Waals surface area contributed by atoms with Crippen molar-refractivity contribution >= 4 is 39.1 Å². The highest BCUT2D eigenvalue weighted by atomic mass is 35.5. The number of para-hydroxylation sites is 1. The predicted molar refractivity (Wildman–Crippen MR) is 147 cm³/mol. The number of carbonyl (C=O) groups excluding carboxylic acids is 2. The first-order valence-corrected chi connectivity index (χ1v) is 14.0. The molecular weight excluding hydrogens is 529 g/mol. The SMILES string of the molecule is CCC(C)NC(=O)C(C)N(Cc1ccccc1Cl)C(=O)CN(c1ccccc1)S(=O)(=O)c1ccc(F)cc1. The van der Waals surface area contributed by atoms with Gasteiger partial charge < -0.3 is 10.2 Å². The van der Waals surface area contributed by atoms with Crippen LogP contribution in [0.3, 0.4) is 0 Å². The van der Waals surface area contributed by atoms with Crippen LogP contribution in [0.1, 0.15) is 32.8 Å². The minimum absolute atomic E-state index is 0.00712. The number of amides is 2. The Morgan fingerprint density at radius 1 is 0.947 bits per heavy atom.